The Kier molecular flexibility index (Phi) is 4.39. The first-order valence-corrected chi connectivity index (χ1v) is 7.43. The molecule has 0 saturated carbocycles. The van der Waals surface area contributed by atoms with E-state index in [4.69, 9.17) is 9.26 Å². The minimum absolute atomic E-state index is 0.207. The molecule has 2 aromatic carbocycles. The van der Waals surface area contributed by atoms with E-state index in [9.17, 15) is 5.11 Å². The standard InChI is InChI=1S/C18H18N2O3/c1-12-6-3-4-9-16(12)18-19-17(20-23-18)11-22-15-8-5-7-14(10-15)13(2)21/h3-10,13,21H,11H2,1-2H3/t13-/m1/s1. The van der Waals surface area contributed by atoms with E-state index < -0.39 is 6.10 Å². The topological polar surface area (TPSA) is 68.4 Å². The Morgan fingerprint density at radius 2 is 2.00 bits per heavy atom. The molecule has 1 aromatic heterocycles. The van der Waals surface area contributed by atoms with Crippen molar-refractivity contribution in [3.8, 4) is 17.2 Å². The second-order valence-corrected chi connectivity index (χ2v) is 5.37. The predicted molar refractivity (Wildman–Crippen MR) is 85.9 cm³/mol. The summed E-state index contributed by atoms with van der Waals surface area (Å²) in [7, 11) is 0. The Morgan fingerprint density at radius 1 is 1.17 bits per heavy atom. The van der Waals surface area contributed by atoms with Crippen molar-refractivity contribution in [3.05, 3.63) is 65.5 Å². The fourth-order valence-corrected chi connectivity index (χ4v) is 2.25. The second-order valence-electron chi connectivity index (χ2n) is 5.37. The number of hydrogen-bond donors (Lipinski definition) is 1. The number of aliphatic hydroxyl groups excluding tert-OH is 1. The van der Waals surface area contributed by atoms with Gasteiger partial charge in [-0.05, 0) is 43.2 Å². The van der Waals surface area contributed by atoms with E-state index in [-0.39, 0.29) is 6.61 Å². The molecule has 0 aliphatic carbocycles. The third-order valence-electron chi connectivity index (χ3n) is 3.55. The zero-order chi connectivity index (χ0) is 16.2. The summed E-state index contributed by atoms with van der Waals surface area (Å²) in [6, 6.07) is 15.2. The molecule has 23 heavy (non-hydrogen) atoms. The normalized spacial score (nSPS) is 12.1. The maximum atomic E-state index is 9.59. The van der Waals surface area contributed by atoms with Gasteiger partial charge in [-0.25, -0.2) is 0 Å². The fourth-order valence-electron chi connectivity index (χ4n) is 2.25. The number of ether oxygens (including phenoxy) is 1. The number of aryl methyl sites for hydroxylation is 1. The Morgan fingerprint density at radius 3 is 2.78 bits per heavy atom. The zero-order valence-corrected chi connectivity index (χ0v) is 13.1. The molecule has 0 bridgehead atoms. The van der Waals surface area contributed by atoms with E-state index in [1.807, 2.05) is 49.4 Å². The summed E-state index contributed by atoms with van der Waals surface area (Å²) in [4.78, 5) is 4.36. The van der Waals surface area contributed by atoms with Crippen LogP contribution in [-0.2, 0) is 6.61 Å². The third kappa shape index (κ3) is 3.57. The predicted octanol–water partition coefficient (Wildman–Crippen LogP) is 3.68. The third-order valence-corrected chi connectivity index (χ3v) is 3.55. The van der Waals surface area contributed by atoms with E-state index in [2.05, 4.69) is 10.1 Å². The van der Waals surface area contributed by atoms with Crippen molar-refractivity contribution >= 4 is 0 Å². The van der Waals surface area contributed by atoms with Crippen molar-refractivity contribution < 1.29 is 14.4 Å². The van der Waals surface area contributed by atoms with Gasteiger partial charge in [0.2, 0.25) is 5.82 Å². The summed E-state index contributed by atoms with van der Waals surface area (Å²) in [5.41, 5.74) is 2.80. The van der Waals surface area contributed by atoms with Crippen LogP contribution in [0.1, 0.15) is 30.0 Å². The van der Waals surface area contributed by atoms with Crippen LogP contribution >= 0.6 is 0 Å². The van der Waals surface area contributed by atoms with Gasteiger partial charge in [0.25, 0.3) is 5.89 Å². The van der Waals surface area contributed by atoms with Gasteiger partial charge >= 0.3 is 0 Å². The van der Waals surface area contributed by atoms with Crippen LogP contribution in [0.2, 0.25) is 0 Å². The smallest absolute Gasteiger partial charge is 0.258 e. The molecule has 3 rings (SSSR count). The van der Waals surface area contributed by atoms with Crippen molar-refractivity contribution in [3.63, 3.8) is 0 Å². The van der Waals surface area contributed by atoms with Crippen LogP contribution in [0.25, 0.3) is 11.5 Å². The second kappa shape index (κ2) is 6.62. The van der Waals surface area contributed by atoms with Crippen LogP contribution < -0.4 is 4.74 Å². The number of rotatable bonds is 5. The maximum Gasteiger partial charge on any atom is 0.258 e. The van der Waals surface area contributed by atoms with Crippen LogP contribution in [0, 0.1) is 6.92 Å². The molecule has 0 aliphatic heterocycles. The summed E-state index contributed by atoms with van der Waals surface area (Å²) < 4.78 is 11.0. The lowest BCUT2D eigenvalue weighted by atomic mass is 10.1. The average Bonchev–Trinajstić information content (AvgIpc) is 3.02. The van der Waals surface area contributed by atoms with Gasteiger partial charge in [0.1, 0.15) is 5.75 Å². The summed E-state index contributed by atoms with van der Waals surface area (Å²) >= 11 is 0. The lowest BCUT2D eigenvalue weighted by Gasteiger charge is -2.07. The summed E-state index contributed by atoms with van der Waals surface area (Å²) in [6.07, 6.45) is -0.531. The molecule has 0 saturated heterocycles. The van der Waals surface area contributed by atoms with Crippen LogP contribution in [0.3, 0.4) is 0 Å². The Labute approximate surface area is 134 Å². The number of aromatic nitrogens is 2. The van der Waals surface area contributed by atoms with E-state index in [1.165, 1.54) is 0 Å². The highest BCUT2D eigenvalue weighted by atomic mass is 16.5. The molecular formula is C18H18N2O3. The molecule has 5 nitrogen and oxygen atoms in total. The Bertz CT molecular complexity index is 796. The number of benzene rings is 2. The molecule has 1 heterocycles. The maximum absolute atomic E-state index is 9.59. The van der Waals surface area contributed by atoms with Crippen LogP contribution in [0.5, 0.6) is 5.75 Å². The lowest BCUT2D eigenvalue weighted by Crippen LogP contribution is -1.99. The molecule has 0 fully saturated rings. The molecule has 0 radical (unpaired) electrons. The molecule has 0 amide bonds. The van der Waals surface area contributed by atoms with Crippen molar-refractivity contribution in [1.29, 1.82) is 0 Å². The Balaban J connectivity index is 1.70. The highest BCUT2D eigenvalue weighted by molar-refractivity contribution is 5.57. The van der Waals surface area contributed by atoms with Gasteiger partial charge in [-0.15, -0.1) is 0 Å². The van der Waals surface area contributed by atoms with Gasteiger partial charge in [0.15, 0.2) is 6.61 Å². The largest absolute Gasteiger partial charge is 0.485 e. The van der Waals surface area contributed by atoms with Gasteiger partial charge in [-0.1, -0.05) is 35.5 Å². The number of hydrogen-bond acceptors (Lipinski definition) is 5. The number of aliphatic hydroxyl groups is 1. The minimum Gasteiger partial charge on any atom is -0.485 e. The van der Waals surface area contributed by atoms with Gasteiger partial charge < -0.3 is 14.4 Å². The number of nitrogens with zero attached hydrogens (tertiary/aromatic N) is 2. The first-order valence-electron chi connectivity index (χ1n) is 7.43. The van der Waals surface area contributed by atoms with E-state index in [0.717, 1.165) is 16.7 Å². The summed E-state index contributed by atoms with van der Waals surface area (Å²) in [6.45, 7) is 3.92. The molecule has 5 heteroatoms. The van der Waals surface area contributed by atoms with E-state index in [1.54, 1.807) is 13.0 Å². The van der Waals surface area contributed by atoms with Gasteiger partial charge in [0.05, 0.1) is 6.10 Å². The average molecular weight is 310 g/mol. The van der Waals surface area contributed by atoms with Gasteiger partial charge in [-0.3, -0.25) is 0 Å². The van der Waals surface area contributed by atoms with Crippen molar-refractivity contribution in [1.82, 2.24) is 10.1 Å². The molecular weight excluding hydrogens is 292 g/mol. The quantitative estimate of drug-likeness (QED) is 0.778. The van der Waals surface area contributed by atoms with Gasteiger partial charge in [0, 0.05) is 5.56 Å². The minimum atomic E-state index is -0.531. The molecule has 0 unspecified atom stereocenters. The van der Waals surface area contributed by atoms with E-state index >= 15 is 0 Å². The van der Waals surface area contributed by atoms with Crippen LogP contribution in [-0.4, -0.2) is 15.2 Å². The monoisotopic (exact) mass is 310 g/mol. The molecule has 0 aliphatic rings. The lowest BCUT2D eigenvalue weighted by molar-refractivity contribution is 0.198. The Hall–Kier alpha value is -2.66. The highest BCUT2D eigenvalue weighted by Crippen LogP contribution is 2.22. The fraction of sp³-hybridized carbons (Fsp3) is 0.222. The molecule has 0 spiro atoms. The summed E-state index contributed by atoms with van der Waals surface area (Å²) in [5.74, 6) is 1.62. The van der Waals surface area contributed by atoms with Crippen LogP contribution in [0.15, 0.2) is 53.1 Å². The molecule has 1 N–H and O–H groups in total. The van der Waals surface area contributed by atoms with Crippen molar-refractivity contribution in [2.45, 2.75) is 26.6 Å². The van der Waals surface area contributed by atoms with E-state index in [0.29, 0.717) is 17.5 Å². The SMILES string of the molecule is Cc1ccccc1-c1nc(COc2cccc([C@@H](C)O)c2)no1. The molecule has 1 atom stereocenters. The zero-order valence-electron chi connectivity index (χ0n) is 13.1. The first kappa shape index (κ1) is 15.2. The summed E-state index contributed by atoms with van der Waals surface area (Å²) in [5, 5.41) is 13.5. The first-order chi connectivity index (χ1) is 11.1. The van der Waals surface area contributed by atoms with Crippen LogP contribution in [0.4, 0.5) is 0 Å². The van der Waals surface area contributed by atoms with Crippen molar-refractivity contribution in [2.24, 2.45) is 0 Å². The highest BCUT2D eigenvalue weighted by Gasteiger charge is 2.11. The molecule has 3 aromatic rings. The van der Waals surface area contributed by atoms with Gasteiger partial charge in [-0.2, -0.15) is 4.98 Å². The molecule has 118 valence electrons. The van der Waals surface area contributed by atoms with Crippen molar-refractivity contribution in [2.75, 3.05) is 0 Å².